The molecule has 2 aromatic rings. The van der Waals surface area contributed by atoms with E-state index in [0.717, 1.165) is 36.0 Å². The number of carbonyl (C=O) groups is 1. The van der Waals surface area contributed by atoms with Gasteiger partial charge in [-0.3, -0.25) is 14.8 Å². The Morgan fingerprint density at radius 3 is 3.15 bits per heavy atom. The molecule has 2 N–H and O–H groups in total. The highest BCUT2D eigenvalue weighted by Crippen LogP contribution is 2.23. The van der Waals surface area contributed by atoms with E-state index in [9.17, 15) is 4.79 Å². The number of nitrogens with zero attached hydrogens (tertiary/aromatic N) is 2. The molecule has 5 heteroatoms. The van der Waals surface area contributed by atoms with Gasteiger partial charge in [-0.25, -0.2) is 0 Å². The van der Waals surface area contributed by atoms with Crippen molar-refractivity contribution in [1.29, 1.82) is 0 Å². The predicted molar refractivity (Wildman–Crippen MR) is 78.4 cm³/mol. The summed E-state index contributed by atoms with van der Waals surface area (Å²) in [7, 11) is 0. The van der Waals surface area contributed by atoms with Gasteiger partial charge >= 0.3 is 0 Å². The molecule has 1 fully saturated rings. The van der Waals surface area contributed by atoms with Gasteiger partial charge in [-0.2, -0.15) is 0 Å². The van der Waals surface area contributed by atoms with E-state index in [1.807, 2.05) is 12.1 Å². The lowest BCUT2D eigenvalue weighted by atomic mass is 9.92. The van der Waals surface area contributed by atoms with E-state index in [0.29, 0.717) is 6.04 Å². The van der Waals surface area contributed by atoms with Gasteiger partial charge in [0.05, 0.1) is 11.2 Å². The van der Waals surface area contributed by atoms with E-state index >= 15 is 0 Å². The summed E-state index contributed by atoms with van der Waals surface area (Å²) in [5, 5.41) is 7.27. The number of pyridine rings is 2. The highest BCUT2D eigenvalue weighted by atomic mass is 16.1. The second-order valence-electron chi connectivity index (χ2n) is 5.32. The largest absolute Gasteiger partial charge is 0.325 e. The first-order chi connectivity index (χ1) is 9.74. The van der Waals surface area contributed by atoms with Gasteiger partial charge in [0.25, 0.3) is 0 Å². The van der Waals surface area contributed by atoms with E-state index in [-0.39, 0.29) is 11.8 Å². The first kappa shape index (κ1) is 13.0. The van der Waals surface area contributed by atoms with Gasteiger partial charge in [0.1, 0.15) is 0 Å². The molecule has 3 heterocycles. The molecule has 1 saturated heterocycles. The van der Waals surface area contributed by atoms with Crippen molar-refractivity contribution >= 4 is 22.5 Å². The molecule has 5 nitrogen and oxygen atoms in total. The maximum Gasteiger partial charge on any atom is 0.227 e. The molecule has 2 atom stereocenters. The van der Waals surface area contributed by atoms with Crippen LogP contribution in [0.5, 0.6) is 0 Å². The van der Waals surface area contributed by atoms with Crippen molar-refractivity contribution in [3.8, 4) is 0 Å². The number of amides is 1. The van der Waals surface area contributed by atoms with Gasteiger partial charge in [-0.1, -0.05) is 0 Å². The van der Waals surface area contributed by atoms with Crippen LogP contribution in [0, 0.1) is 5.92 Å². The predicted octanol–water partition coefficient (Wildman–Crippen LogP) is 1.96. The zero-order valence-corrected chi connectivity index (χ0v) is 11.5. The van der Waals surface area contributed by atoms with Crippen LogP contribution in [0.25, 0.3) is 10.9 Å². The summed E-state index contributed by atoms with van der Waals surface area (Å²) in [6.07, 6.45) is 6.92. The van der Waals surface area contributed by atoms with Gasteiger partial charge in [-0.15, -0.1) is 0 Å². The second-order valence-corrected chi connectivity index (χ2v) is 5.32. The Morgan fingerprint density at radius 1 is 1.40 bits per heavy atom. The molecule has 0 saturated carbocycles. The molecule has 0 unspecified atom stereocenters. The van der Waals surface area contributed by atoms with E-state index in [1.54, 1.807) is 18.6 Å². The Morgan fingerprint density at radius 2 is 2.30 bits per heavy atom. The summed E-state index contributed by atoms with van der Waals surface area (Å²) < 4.78 is 0. The molecule has 20 heavy (non-hydrogen) atoms. The fraction of sp³-hybridized carbons (Fsp3) is 0.400. The minimum Gasteiger partial charge on any atom is -0.325 e. The number of piperidine rings is 1. The van der Waals surface area contributed by atoms with Crippen LogP contribution in [0.4, 0.5) is 5.69 Å². The molecule has 0 spiro atoms. The standard InChI is InChI=1S/C15H18N4O/c1-10-8-11(2-6-17-10)15(20)19-14-4-7-18-13-3-5-16-9-12(13)14/h3-5,7,9-11,17H,2,6,8H2,1H3,(H,18,19,20)/t10-,11-/m0/s1. The van der Waals surface area contributed by atoms with Crippen LogP contribution in [0.15, 0.2) is 30.7 Å². The van der Waals surface area contributed by atoms with Crippen LogP contribution in [0.1, 0.15) is 19.8 Å². The van der Waals surface area contributed by atoms with E-state index in [2.05, 4.69) is 27.5 Å². The van der Waals surface area contributed by atoms with Crippen LogP contribution in [-0.2, 0) is 4.79 Å². The van der Waals surface area contributed by atoms with Crippen molar-refractivity contribution < 1.29 is 4.79 Å². The van der Waals surface area contributed by atoms with E-state index in [4.69, 9.17) is 0 Å². The summed E-state index contributed by atoms with van der Waals surface area (Å²) in [5.74, 6) is 0.167. The minimum absolute atomic E-state index is 0.0751. The summed E-state index contributed by atoms with van der Waals surface area (Å²) in [4.78, 5) is 20.8. The maximum atomic E-state index is 12.4. The molecule has 1 amide bonds. The average Bonchev–Trinajstić information content (AvgIpc) is 2.47. The third-order valence-corrected chi connectivity index (χ3v) is 3.80. The van der Waals surface area contributed by atoms with Gasteiger partial charge in [0.2, 0.25) is 5.91 Å². The lowest BCUT2D eigenvalue weighted by Crippen LogP contribution is -2.40. The molecule has 0 bridgehead atoms. The van der Waals surface area contributed by atoms with Crippen LogP contribution < -0.4 is 10.6 Å². The highest BCUT2D eigenvalue weighted by Gasteiger charge is 2.24. The summed E-state index contributed by atoms with van der Waals surface area (Å²) >= 11 is 0. The summed E-state index contributed by atoms with van der Waals surface area (Å²) in [6, 6.07) is 4.07. The molecule has 1 aliphatic rings. The number of hydrogen-bond acceptors (Lipinski definition) is 4. The summed E-state index contributed by atoms with van der Waals surface area (Å²) in [6.45, 7) is 3.02. The number of fused-ring (bicyclic) bond motifs is 1. The molecular formula is C15H18N4O. The van der Waals surface area contributed by atoms with Gasteiger partial charge < -0.3 is 10.6 Å². The Hall–Kier alpha value is -2.01. The van der Waals surface area contributed by atoms with Crippen molar-refractivity contribution in [3.05, 3.63) is 30.7 Å². The number of rotatable bonds is 2. The topological polar surface area (TPSA) is 66.9 Å². The number of carbonyl (C=O) groups excluding carboxylic acids is 1. The fourth-order valence-electron chi connectivity index (χ4n) is 2.70. The zero-order valence-electron chi connectivity index (χ0n) is 11.5. The molecule has 0 aliphatic carbocycles. The normalized spacial score (nSPS) is 22.6. The zero-order chi connectivity index (χ0) is 13.9. The van der Waals surface area contributed by atoms with Gasteiger partial charge in [-0.05, 0) is 38.4 Å². The Kier molecular flexibility index (Phi) is 3.60. The number of anilines is 1. The molecular weight excluding hydrogens is 252 g/mol. The Bertz CT molecular complexity index is 623. The van der Waals surface area contributed by atoms with E-state index < -0.39 is 0 Å². The average molecular weight is 270 g/mol. The first-order valence-corrected chi connectivity index (χ1v) is 6.97. The molecule has 2 aromatic heterocycles. The fourth-order valence-corrected chi connectivity index (χ4v) is 2.70. The van der Waals surface area contributed by atoms with Gasteiger partial charge in [0, 0.05) is 35.9 Å². The lowest BCUT2D eigenvalue weighted by molar-refractivity contribution is -0.120. The van der Waals surface area contributed by atoms with E-state index in [1.165, 1.54) is 0 Å². The SMILES string of the molecule is C[C@H]1C[C@@H](C(=O)Nc2ccnc3ccncc23)CCN1. The molecule has 3 rings (SSSR count). The maximum absolute atomic E-state index is 12.4. The third kappa shape index (κ3) is 2.63. The first-order valence-electron chi connectivity index (χ1n) is 6.97. The number of aromatic nitrogens is 2. The van der Waals surface area contributed by atoms with Crippen LogP contribution in [0.2, 0.25) is 0 Å². The molecule has 0 radical (unpaired) electrons. The Balaban J connectivity index is 1.80. The second kappa shape index (κ2) is 5.54. The van der Waals surface area contributed by atoms with Crippen LogP contribution >= 0.6 is 0 Å². The van der Waals surface area contributed by atoms with Crippen LogP contribution in [-0.4, -0.2) is 28.5 Å². The summed E-state index contributed by atoms with van der Waals surface area (Å²) in [5.41, 5.74) is 1.63. The van der Waals surface area contributed by atoms with Crippen LogP contribution in [0.3, 0.4) is 0 Å². The van der Waals surface area contributed by atoms with Gasteiger partial charge in [0.15, 0.2) is 0 Å². The van der Waals surface area contributed by atoms with Crippen molar-refractivity contribution in [2.24, 2.45) is 5.92 Å². The van der Waals surface area contributed by atoms with Crippen molar-refractivity contribution in [1.82, 2.24) is 15.3 Å². The quantitative estimate of drug-likeness (QED) is 0.875. The molecule has 104 valence electrons. The van der Waals surface area contributed by atoms with Crippen molar-refractivity contribution in [2.75, 3.05) is 11.9 Å². The molecule has 0 aromatic carbocycles. The lowest BCUT2D eigenvalue weighted by Gasteiger charge is -2.27. The monoisotopic (exact) mass is 270 g/mol. The highest BCUT2D eigenvalue weighted by molar-refractivity contribution is 6.01. The Labute approximate surface area is 117 Å². The van der Waals surface area contributed by atoms with Crippen molar-refractivity contribution in [3.63, 3.8) is 0 Å². The molecule has 1 aliphatic heterocycles. The van der Waals surface area contributed by atoms with Crippen molar-refractivity contribution in [2.45, 2.75) is 25.8 Å². The minimum atomic E-state index is 0.0751. The smallest absolute Gasteiger partial charge is 0.227 e. The number of nitrogens with one attached hydrogen (secondary N) is 2. The third-order valence-electron chi connectivity index (χ3n) is 3.80. The number of hydrogen-bond donors (Lipinski definition) is 2.